The smallest absolute Gasteiger partial charge is 0.343 e. The molecule has 52 heavy (non-hydrogen) atoms. The summed E-state index contributed by atoms with van der Waals surface area (Å²) in [5.41, 5.74) is 14.0. The summed E-state index contributed by atoms with van der Waals surface area (Å²) in [6, 6.07) is 15.6. The highest BCUT2D eigenvalue weighted by Gasteiger charge is 2.35. The van der Waals surface area contributed by atoms with Crippen LogP contribution in [0.25, 0.3) is 0 Å². The number of amides is 2. The van der Waals surface area contributed by atoms with Crippen LogP contribution in [0.3, 0.4) is 0 Å². The fraction of sp³-hybridized carbons (Fsp3) is 0.486. The average Bonchev–Trinajstić information content (AvgIpc) is 3.12. The topological polar surface area (TPSA) is 184 Å². The van der Waals surface area contributed by atoms with E-state index in [4.69, 9.17) is 32.5 Å². The summed E-state index contributed by atoms with van der Waals surface area (Å²) in [6.07, 6.45) is 5.45. The monoisotopic (exact) mass is 739 g/mol. The second kappa shape index (κ2) is 19.8. The predicted molar refractivity (Wildman–Crippen MR) is 200 cm³/mol. The summed E-state index contributed by atoms with van der Waals surface area (Å²) in [5.74, 6) is 0.194. The maximum absolute atomic E-state index is 13.2. The van der Waals surface area contributed by atoms with Crippen LogP contribution < -0.4 is 31.6 Å². The Labute approximate surface area is 310 Å². The van der Waals surface area contributed by atoms with Crippen LogP contribution in [0.15, 0.2) is 48.5 Å². The molecule has 282 valence electrons. The average molecular weight is 740 g/mol. The van der Waals surface area contributed by atoms with Gasteiger partial charge in [0, 0.05) is 25.9 Å². The second-order valence-corrected chi connectivity index (χ2v) is 13.8. The Morgan fingerprint density at radius 2 is 1.50 bits per heavy atom. The van der Waals surface area contributed by atoms with E-state index in [-0.39, 0.29) is 47.6 Å². The summed E-state index contributed by atoms with van der Waals surface area (Å²) in [5, 5.41) is 5.93. The van der Waals surface area contributed by atoms with Gasteiger partial charge in [-0.25, -0.2) is 14.8 Å². The number of aryl methyl sites for hydroxylation is 2. The number of anilines is 2. The van der Waals surface area contributed by atoms with Crippen LogP contribution in [0.1, 0.15) is 47.3 Å². The van der Waals surface area contributed by atoms with Gasteiger partial charge in [0.25, 0.3) is 11.8 Å². The first-order valence-electron chi connectivity index (χ1n) is 17.6. The SMILES string of the molecule is COC(=O)COc1ccc(CCC[N+]2(CCCc3ccc(OCC(=O)NCCN(C)C)cc3)CCCC(NC(=O)c3nc(Cl)c(N)nc3N)C2)cc1. The fourth-order valence-corrected chi connectivity index (χ4v) is 6.51. The van der Waals surface area contributed by atoms with Crippen LogP contribution >= 0.6 is 11.6 Å². The number of quaternary nitrogens is 1. The number of piperidine rings is 1. The van der Waals surface area contributed by atoms with E-state index in [2.05, 4.69) is 25.3 Å². The lowest BCUT2D eigenvalue weighted by atomic mass is 9.99. The normalized spacial score (nSPS) is 17.0. The summed E-state index contributed by atoms with van der Waals surface area (Å²) in [4.78, 5) is 46.8. The highest BCUT2D eigenvalue weighted by atomic mass is 35.5. The minimum Gasteiger partial charge on any atom is -0.484 e. The Kier molecular flexibility index (Phi) is 15.3. The van der Waals surface area contributed by atoms with Gasteiger partial charge in [-0.05, 0) is 75.2 Å². The lowest BCUT2D eigenvalue weighted by Crippen LogP contribution is -2.60. The van der Waals surface area contributed by atoms with Crippen molar-refractivity contribution in [1.29, 1.82) is 0 Å². The Balaban J connectivity index is 1.36. The first-order chi connectivity index (χ1) is 24.9. The molecule has 2 atom stereocenters. The zero-order valence-corrected chi connectivity index (χ0v) is 31.1. The number of rotatable bonds is 19. The van der Waals surface area contributed by atoms with Crippen molar-refractivity contribution in [3.05, 3.63) is 70.5 Å². The lowest BCUT2D eigenvalue weighted by molar-refractivity contribution is -0.933. The molecule has 1 aliphatic rings. The van der Waals surface area contributed by atoms with Crippen LogP contribution in [-0.4, -0.2) is 117 Å². The molecule has 1 fully saturated rings. The van der Waals surface area contributed by atoms with E-state index < -0.39 is 11.9 Å². The third-order valence-corrected chi connectivity index (χ3v) is 9.40. The number of carbonyl (C=O) groups is 3. The number of hydrogen-bond acceptors (Lipinski definition) is 11. The van der Waals surface area contributed by atoms with Crippen molar-refractivity contribution in [3.63, 3.8) is 0 Å². The van der Waals surface area contributed by atoms with Crippen molar-refractivity contribution in [3.8, 4) is 11.5 Å². The molecule has 6 N–H and O–H groups in total. The molecule has 0 saturated carbocycles. The number of likely N-dealkylation sites (N-methyl/N-ethyl adjacent to an activating group) is 1. The maximum Gasteiger partial charge on any atom is 0.343 e. The molecule has 2 unspecified atom stereocenters. The Morgan fingerprint density at radius 1 is 0.904 bits per heavy atom. The van der Waals surface area contributed by atoms with Gasteiger partial charge in [-0.15, -0.1) is 0 Å². The van der Waals surface area contributed by atoms with Crippen molar-refractivity contribution in [2.75, 3.05) is 85.2 Å². The largest absolute Gasteiger partial charge is 0.484 e. The number of nitrogens with two attached hydrogens (primary N) is 2. The van der Waals surface area contributed by atoms with Crippen LogP contribution in [0.2, 0.25) is 5.15 Å². The van der Waals surface area contributed by atoms with E-state index in [1.165, 1.54) is 18.2 Å². The van der Waals surface area contributed by atoms with Gasteiger partial charge >= 0.3 is 5.97 Å². The number of aromatic nitrogens is 2. The molecule has 2 aromatic carbocycles. The number of carbonyl (C=O) groups excluding carboxylic acids is 3. The number of nitrogen functional groups attached to an aromatic ring is 2. The quantitative estimate of drug-likeness (QED) is 0.105. The zero-order chi connectivity index (χ0) is 37.5. The van der Waals surface area contributed by atoms with Gasteiger partial charge in [0.05, 0.1) is 39.3 Å². The Bertz CT molecular complexity index is 1630. The van der Waals surface area contributed by atoms with Gasteiger partial charge < -0.3 is 45.7 Å². The Hall–Kier alpha value is -4.66. The number of methoxy groups -OCH3 is 1. The molecule has 2 amide bonds. The molecule has 0 aliphatic carbocycles. The number of nitrogens with one attached hydrogen (secondary N) is 2. The number of ether oxygens (including phenoxy) is 3. The molecular weight excluding hydrogens is 688 g/mol. The standard InChI is InChI=1S/C37H51ClN8O6/c1-45(2)19-18-41-31(47)24-51-29-14-10-26(11-15-29)7-4-20-46(21-5-8-27-12-16-30(17-13-27)52-25-32(48)50-3)22-6-9-28(23-46)42-37(49)33-35(39)44-36(40)34(38)43-33/h10-17,28H,4-9,18-25H2,1-3H3,(H5-,39,40,41,42,44,47,49)/p+1. The minimum atomic E-state index is -0.429. The molecule has 0 radical (unpaired) electrons. The Morgan fingerprint density at radius 3 is 2.08 bits per heavy atom. The van der Waals surface area contributed by atoms with Crippen molar-refractivity contribution in [1.82, 2.24) is 25.5 Å². The molecule has 1 saturated heterocycles. The lowest BCUT2D eigenvalue weighted by Gasteiger charge is -2.45. The van der Waals surface area contributed by atoms with E-state index in [9.17, 15) is 14.4 Å². The molecular formula is C37H52ClN8O6+. The molecule has 3 aromatic rings. The molecule has 2 heterocycles. The van der Waals surface area contributed by atoms with Gasteiger partial charge in [0.15, 0.2) is 35.7 Å². The number of hydrogen-bond donors (Lipinski definition) is 4. The molecule has 1 aliphatic heterocycles. The number of likely N-dealkylation sites (tertiary alicyclic amines) is 1. The van der Waals surface area contributed by atoms with E-state index in [1.807, 2.05) is 67.5 Å². The number of benzene rings is 2. The number of esters is 1. The van der Waals surface area contributed by atoms with Gasteiger partial charge in [-0.3, -0.25) is 9.59 Å². The number of nitrogens with zero attached hydrogens (tertiary/aromatic N) is 4. The van der Waals surface area contributed by atoms with Crippen molar-refractivity contribution >= 4 is 41.0 Å². The molecule has 4 rings (SSSR count). The highest BCUT2D eigenvalue weighted by Crippen LogP contribution is 2.25. The van der Waals surface area contributed by atoms with Crippen LogP contribution in [0.5, 0.6) is 11.5 Å². The molecule has 14 nitrogen and oxygen atoms in total. The molecule has 0 bridgehead atoms. The van der Waals surface area contributed by atoms with Crippen molar-refractivity contribution in [2.24, 2.45) is 0 Å². The van der Waals surface area contributed by atoms with E-state index in [0.29, 0.717) is 18.0 Å². The van der Waals surface area contributed by atoms with E-state index in [1.54, 1.807) is 0 Å². The summed E-state index contributed by atoms with van der Waals surface area (Å²) < 4.78 is 16.7. The third kappa shape index (κ3) is 12.8. The highest BCUT2D eigenvalue weighted by molar-refractivity contribution is 6.31. The summed E-state index contributed by atoms with van der Waals surface area (Å²) in [6.45, 7) is 4.83. The molecule has 0 spiro atoms. The van der Waals surface area contributed by atoms with E-state index >= 15 is 0 Å². The minimum absolute atomic E-state index is 0.0202. The summed E-state index contributed by atoms with van der Waals surface area (Å²) in [7, 11) is 5.24. The van der Waals surface area contributed by atoms with Crippen LogP contribution in [0.4, 0.5) is 11.6 Å². The maximum atomic E-state index is 13.2. The second-order valence-electron chi connectivity index (χ2n) is 13.4. The molecule has 15 heteroatoms. The van der Waals surface area contributed by atoms with Gasteiger partial charge in [0.1, 0.15) is 11.5 Å². The van der Waals surface area contributed by atoms with Crippen LogP contribution in [-0.2, 0) is 27.2 Å². The van der Waals surface area contributed by atoms with Crippen molar-refractivity contribution in [2.45, 2.75) is 44.6 Å². The predicted octanol–water partition coefficient (Wildman–Crippen LogP) is 2.88. The fourth-order valence-electron chi connectivity index (χ4n) is 6.38. The van der Waals surface area contributed by atoms with Gasteiger partial charge in [0.2, 0.25) is 0 Å². The first kappa shape index (κ1) is 40.1. The first-order valence-corrected chi connectivity index (χ1v) is 18.0. The van der Waals surface area contributed by atoms with Gasteiger partial charge in [-0.1, -0.05) is 35.9 Å². The summed E-state index contributed by atoms with van der Waals surface area (Å²) >= 11 is 6.05. The third-order valence-electron chi connectivity index (χ3n) is 9.13. The zero-order valence-electron chi connectivity index (χ0n) is 30.4. The number of halogens is 1. The van der Waals surface area contributed by atoms with E-state index in [0.717, 1.165) is 75.7 Å². The molecule has 1 aromatic heterocycles. The van der Waals surface area contributed by atoms with Crippen molar-refractivity contribution < 1.29 is 33.1 Å². The van der Waals surface area contributed by atoms with Gasteiger partial charge in [-0.2, -0.15) is 0 Å². The van der Waals surface area contributed by atoms with Crippen LogP contribution in [0, 0.1) is 0 Å².